The summed E-state index contributed by atoms with van der Waals surface area (Å²) in [6.45, 7) is 4.00. The van der Waals surface area contributed by atoms with Crippen LogP contribution in [0.25, 0.3) is 11.5 Å². The number of nitrogens with zero attached hydrogens (tertiary/aromatic N) is 2. The lowest BCUT2D eigenvalue weighted by Gasteiger charge is -2.12. The molecule has 0 fully saturated rings. The third-order valence-corrected chi connectivity index (χ3v) is 3.61. The highest BCUT2D eigenvalue weighted by atomic mass is 32.1. The van der Waals surface area contributed by atoms with E-state index < -0.39 is 6.04 Å². The maximum atomic E-state index is 11.8. The first-order valence-electron chi connectivity index (χ1n) is 7.02. The van der Waals surface area contributed by atoms with Gasteiger partial charge in [0.1, 0.15) is 6.04 Å². The van der Waals surface area contributed by atoms with Crippen LogP contribution in [0.2, 0.25) is 0 Å². The quantitative estimate of drug-likeness (QED) is 0.802. The van der Waals surface area contributed by atoms with E-state index in [-0.39, 0.29) is 18.2 Å². The van der Waals surface area contributed by atoms with Gasteiger partial charge in [-0.25, -0.2) is 0 Å². The number of amides is 2. The highest BCUT2D eigenvalue weighted by Crippen LogP contribution is 2.20. The second kappa shape index (κ2) is 7.69. The molecule has 0 aliphatic heterocycles. The summed E-state index contributed by atoms with van der Waals surface area (Å²) in [6.07, 6.45) is 0.528. The molecule has 0 saturated heterocycles. The number of likely N-dealkylation sites (N-methyl/N-ethyl adjacent to an activating group) is 1. The van der Waals surface area contributed by atoms with Crippen molar-refractivity contribution in [2.24, 2.45) is 0 Å². The van der Waals surface area contributed by atoms with Crippen LogP contribution in [-0.2, 0) is 16.0 Å². The van der Waals surface area contributed by atoms with Crippen LogP contribution >= 0.6 is 11.3 Å². The number of aromatic nitrogens is 2. The fourth-order valence-corrected chi connectivity index (χ4v) is 2.41. The molecular weight excluding hydrogens is 304 g/mol. The van der Waals surface area contributed by atoms with Crippen molar-refractivity contribution in [1.29, 1.82) is 0 Å². The Morgan fingerprint density at radius 2 is 2.23 bits per heavy atom. The van der Waals surface area contributed by atoms with Crippen molar-refractivity contribution in [3.05, 3.63) is 22.7 Å². The summed E-state index contributed by atoms with van der Waals surface area (Å²) in [5.41, 5.74) is 0.873. The second-order valence-corrected chi connectivity index (χ2v) is 5.48. The molecule has 2 heterocycles. The maximum Gasteiger partial charge on any atom is 0.248 e. The summed E-state index contributed by atoms with van der Waals surface area (Å²) < 4.78 is 5.49. The van der Waals surface area contributed by atoms with Gasteiger partial charge in [-0.3, -0.25) is 9.59 Å². The van der Waals surface area contributed by atoms with Crippen LogP contribution in [0.4, 0.5) is 0 Å². The van der Waals surface area contributed by atoms with E-state index in [9.17, 15) is 9.59 Å². The first-order chi connectivity index (χ1) is 10.6. The normalized spacial score (nSPS) is 11.9. The first kappa shape index (κ1) is 16.2. The Bertz CT molecular complexity index is 624. The lowest BCUT2D eigenvalue weighted by Crippen LogP contribution is -2.44. The maximum absolute atomic E-state index is 11.8. The van der Waals surface area contributed by atoms with E-state index in [2.05, 4.69) is 20.8 Å². The van der Waals surface area contributed by atoms with Crippen molar-refractivity contribution in [1.82, 2.24) is 20.8 Å². The molecule has 0 radical (unpaired) electrons. The molecule has 2 amide bonds. The number of hydrogen-bond donors (Lipinski definition) is 2. The average molecular weight is 322 g/mol. The lowest BCUT2D eigenvalue weighted by molar-refractivity contribution is -0.128. The number of carbonyl (C=O) groups is 2. The first-order valence-corrected chi connectivity index (χ1v) is 7.96. The number of rotatable bonds is 7. The summed E-state index contributed by atoms with van der Waals surface area (Å²) in [7, 11) is 0. The van der Waals surface area contributed by atoms with Crippen LogP contribution < -0.4 is 10.6 Å². The van der Waals surface area contributed by atoms with Crippen LogP contribution in [0, 0.1) is 0 Å². The Balaban J connectivity index is 1.80. The van der Waals surface area contributed by atoms with Crippen molar-refractivity contribution >= 4 is 23.2 Å². The van der Waals surface area contributed by atoms with Gasteiger partial charge in [-0.05, 0) is 25.3 Å². The van der Waals surface area contributed by atoms with Gasteiger partial charge in [0, 0.05) is 30.3 Å². The highest BCUT2D eigenvalue weighted by molar-refractivity contribution is 7.08. The number of carbonyl (C=O) groups excluding carboxylic acids is 2. The van der Waals surface area contributed by atoms with E-state index in [1.807, 2.05) is 23.8 Å². The van der Waals surface area contributed by atoms with Crippen LogP contribution in [-0.4, -0.2) is 34.6 Å². The molecule has 7 nitrogen and oxygen atoms in total. The molecule has 118 valence electrons. The Kier molecular flexibility index (Phi) is 5.65. The highest BCUT2D eigenvalue weighted by Gasteiger charge is 2.16. The number of aryl methyl sites for hydroxylation is 1. The molecule has 2 aromatic rings. The van der Waals surface area contributed by atoms with Crippen molar-refractivity contribution in [2.75, 3.05) is 6.54 Å². The van der Waals surface area contributed by atoms with Gasteiger partial charge in [0.05, 0.1) is 0 Å². The smallest absolute Gasteiger partial charge is 0.248 e. The van der Waals surface area contributed by atoms with Gasteiger partial charge in [0.25, 0.3) is 0 Å². The van der Waals surface area contributed by atoms with Crippen molar-refractivity contribution < 1.29 is 14.0 Å². The molecule has 2 N–H and O–H groups in total. The van der Waals surface area contributed by atoms with E-state index in [4.69, 9.17) is 4.42 Å². The Morgan fingerprint density at radius 1 is 1.41 bits per heavy atom. The molecule has 0 aromatic carbocycles. The van der Waals surface area contributed by atoms with Gasteiger partial charge in [0.2, 0.25) is 23.6 Å². The van der Waals surface area contributed by atoms with E-state index in [1.165, 1.54) is 0 Å². The third kappa shape index (κ3) is 4.39. The van der Waals surface area contributed by atoms with Gasteiger partial charge in [0.15, 0.2) is 0 Å². The number of nitrogens with one attached hydrogen (secondary N) is 2. The second-order valence-electron chi connectivity index (χ2n) is 4.70. The minimum absolute atomic E-state index is 0.189. The van der Waals surface area contributed by atoms with E-state index >= 15 is 0 Å². The van der Waals surface area contributed by atoms with Gasteiger partial charge < -0.3 is 15.1 Å². The molecule has 2 aromatic heterocycles. The summed E-state index contributed by atoms with van der Waals surface area (Å²) >= 11 is 1.55. The van der Waals surface area contributed by atoms with Crippen molar-refractivity contribution in [3.63, 3.8) is 0 Å². The van der Waals surface area contributed by atoms with Crippen LogP contribution in [0.3, 0.4) is 0 Å². The summed E-state index contributed by atoms with van der Waals surface area (Å²) in [5.74, 6) is 0.428. The van der Waals surface area contributed by atoms with Crippen LogP contribution in [0.1, 0.15) is 26.2 Å². The number of thiophene rings is 1. The van der Waals surface area contributed by atoms with E-state index in [0.717, 1.165) is 5.56 Å². The van der Waals surface area contributed by atoms with Crippen LogP contribution in [0.15, 0.2) is 21.2 Å². The largest absolute Gasteiger partial charge is 0.421 e. The monoisotopic (exact) mass is 322 g/mol. The Morgan fingerprint density at radius 3 is 2.91 bits per heavy atom. The SMILES string of the molecule is CCNC(=O)C(C)NC(=O)CCc1nnc(-c2ccsc2)o1. The molecule has 8 heteroatoms. The van der Waals surface area contributed by atoms with Gasteiger partial charge in [-0.1, -0.05) is 0 Å². The third-order valence-electron chi connectivity index (χ3n) is 2.92. The molecule has 0 spiro atoms. The predicted octanol–water partition coefficient (Wildman–Crippen LogP) is 1.37. The Hall–Kier alpha value is -2.22. The minimum Gasteiger partial charge on any atom is -0.421 e. The fourth-order valence-electron chi connectivity index (χ4n) is 1.78. The molecule has 0 bridgehead atoms. The molecule has 0 aliphatic rings. The van der Waals surface area contributed by atoms with Gasteiger partial charge in [-0.2, -0.15) is 11.3 Å². The van der Waals surface area contributed by atoms with Gasteiger partial charge >= 0.3 is 0 Å². The fraction of sp³-hybridized carbons (Fsp3) is 0.429. The van der Waals surface area contributed by atoms with Gasteiger partial charge in [-0.15, -0.1) is 10.2 Å². The van der Waals surface area contributed by atoms with E-state index in [1.54, 1.807) is 18.3 Å². The molecular formula is C14H18N4O3S. The standard InChI is InChI=1S/C14H18N4O3S/c1-3-15-13(20)9(2)16-11(19)4-5-12-17-18-14(21-12)10-6-7-22-8-10/h6-9H,3-5H2,1-2H3,(H,15,20)(H,16,19). The summed E-state index contributed by atoms with van der Waals surface area (Å²) in [4.78, 5) is 23.3. The molecule has 22 heavy (non-hydrogen) atoms. The summed E-state index contributed by atoms with van der Waals surface area (Å²) in [6, 6.07) is 1.33. The average Bonchev–Trinajstić information content (AvgIpc) is 3.16. The molecule has 1 unspecified atom stereocenters. The summed E-state index contributed by atoms with van der Waals surface area (Å²) in [5, 5.41) is 17.0. The predicted molar refractivity (Wildman–Crippen MR) is 82.2 cm³/mol. The van der Waals surface area contributed by atoms with Crippen molar-refractivity contribution in [3.8, 4) is 11.5 Å². The lowest BCUT2D eigenvalue weighted by atomic mass is 10.2. The number of hydrogen-bond acceptors (Lipinski definition) is 6. The van der Waals surface area contributed by atoms with Crippen molar-refractivity contribution in [2.45, 2.75) is 32.7 Å². The topological polar surface area (TPSA) is 97.1 Å². The minimum atomic E-state index is -0.559. The van der Waals surface area contributed by atoms with Crippen LogP contribution in [0.5, 0.6) is 0 Å². The zero-order valence-corrected chi connectivity index (χ0v) is 13.3. The zero-order chi connectivity index (χ0) is 15.9. The molecule has 0 saturated carbocycles. The molecule has 0 aliphatic carbocycles. The molecule has 2 rings (SSSR count). The Labute approximate surface area is 132 Å². The van der Waals surface area contributed by atoms with E-state index in [0.29, 0.717) is 24.7 Å². The zero-order valence-electron chi connectivity index (χ0n) is 12.5. The molecule has 1 atom stereocenters.